The smallest absolute Gasteiger partial charge is 0.331 e. The molecule has 0 amide bonds. The summed E-state index contributed by atoms with van der Waals surface area (Å²) in [5.41, 5.74) is 5.60. The van der Waals surface area contributed by atoms with E-state index in [4.69, 9.17) is 19.0 Å². The molecule has 1 unspecified atom stereocenters. The van der Waals surface area contributed by atoms with Crippen molar-refractivity contribution in [3.05, 3.63) is 76.9 Å². The number of benzene rings is 3. The van der Waals surface area contributed by atoms with E-state index in [1.165, 1.54) is 6.92 Å². The van der Waals surface area contributed by atoms with Crippen LogP contribution in [0, 0.1) is 6.92 Å². The molecule has 1 aliphatic rings. The largest absolute Gasteiger partial charge is 0.491 e. The fraction of sp³-hybridized carbons (Fsp3) is 0.344. The first-order chi connectivity index (χ1) is 19.1. The van der Waals surface area contributed by atoms with Crippen LogP contribution < -0.4 is 4.74 Å². The molecule has 1 fully saturated rings. The second-order valence-electron chi connectivity index (χ2n) is 10.5. The number of carbonyl (C=O) groups excluding carboxylic acids is 2. The number of fused-ring (bicyclic) bond motifs is 3. The maximum absolute atomic E-state index is 13.6. The Hall–Kier alpha value is -4.01. The number of aromatic nitrogens is 1. The van der Waals surface area contributed by atoms with Gasteiger partial charge in [0, 0.05) is 46.4 Å². The van der Waals surface area contributed by atoms with E-state index in [0.717, 1.165) is 39.5 Å². The van der Waals surface area contributed by atoms with Crippen molar-refractivity contribution in [1.82, 2.24) is 4.57 Å². The molecule has 8 nitrogen and oxygen atoms in total. The number of aryl methyl sites for hydroxylation is 2. The van der Waals surface area contributed by atoms with Crippen LogP contribution in [0.5, 0.6) is 5.75 Å². The van der Waals surface area contributed by atoms with E-state index in [9.17, 15) is 9.59 Å². The predicted molar refractivity (Wildman–Crippen MR) is 154 cm³/mol. The molecular formula is C32H34N2O6. The normalized spacial score (nSPS) is 16.9. The molecule has 0 bridgehead atoms. The Kier molecular flexibility index (Phi) is 7.49. The molecule has 2 heterocycles. The first-order valence-electron chi connectivity index (χ1n) is 13.4. The highest BCUT2D eigenvalue weighted by Crippen LogP contribution is 2.32. The minimum atomic E-state index is -0.595. The van der Waals surface area contributed by atoms with Crippen molar-refractivity contribution in [3.8, 4) is 5.75 Å². The molecule has 1 saturated heterocycles. The van der Waals surface area contributed by atoms with Crippen molar-refractivity contribution in [2.24, 2.45) is 5.16 Å². The van der Waals surface area contributed by atoms with Gasteiger partial charge in [-0.05, 0) is 94.3 Å². The topological polar surface area (TPSA) is 88.3 Å². The number of ether oxygens (including phenoxy) is 3. The Morgan fingerprint density at radius 2 is 1.68 bits per heavy atom. The van der Waals surface area contributed by atoms with Crippen molar-refractivity contribution in [3.63, 3.8) is 0 Å². The van der Waals surface area contributed by atoms with Gasteiger partial charge in [0.25, 0.3) is 0 Å². The zero-order valence-corrected chi connectivity index (χ0v) is 23.7. The minimum absolute atomic E-state index is 0.0543. The molecule has 40 heavy (non-hydrogen) atoms. The molecule has 0 radical (unpaired) electrons. The standard InChI is InChI=1S/C32H34N2O6/c1-7-34-29-12-8-22(20(3)33-40-21(4)35)15-27(29)28-16-23(9-13-30(28)34)31(36)26-11-10-24(14-19(26)2)37-17-25-18-38-32(5,6)39-25/h8-16,25H,7,17-18H2,1-6H3/b33-20-. The molecule has 0 N–H and O–H groups in total. The van der Waals surface area contributed by atoms with Crippen LogP contribution in [-0.2, 0) is 25.7 Å². The van der Waals surface area contributed by atoms with Gasteiger partial charge in [0.2, 0.25) is 0 Å². The van der Waals surface area contributed by atoms with Gasteiger partial charge >= 0.3 is 5.97 Å². The van der Waals surface area contributed by atoms with Gasteiger partial charge in [0.05, 0.1) is 12.3 Å². The van der Waals surface area contributed by atoms with Gasteiger partial charge in [-0.2, -0.15) is 0 Å². The average molecular weight is 543 g/mol. The van der Waals surface area contributed by atoms with Crippen molar-refractivity contribution in [2.75, 3.05) is 13.2 Å². The highest BCUT2D eigenvalue weighted by Gasteiger charge is 2.33. The van der Waals surface area contributed by atoms with Crippen molar-refractivity contribution >= 4 is 39.3 Å². The Morgan fingerprint density at radius 1 is 1.00 bits per heavy atom. The monoisotopic (exact) mass is 542 g/mol. The van der Waals surface area contributed by atoms with E-state index >= 15 is 0 Å². The van der Waals surface area contributed by atoms with Gasteiger partial charge in [-0.15, -0.1) is 0 Å². The van der Waals surface area contributed by atoms with Gasteiger partial charge in [0.15, 0.2) is 11.6 Å². The number of rotatable bonds is 8. The molecule has 0 spiro atoms. The van der Waals surface area contributed by atoms with Crippen LogP contribution in [0.3, 0.4) is 0 Å². The first-order valence-corrected chi connectivity index (χ1v) is 13.4. The molecule has 0 aliphatic carbocycles. The van der Waals surface area contributed by atoms with E-state index in [1.807, 2.05) is 75.4 Å². The van der Waals surface area contributed by atoms with Crippen LogP contribution in [0.4, 0.5) is 0 Å². The molecule has 3 aromatic carbocycles. The fourth-order valence-corrected chi connectivity index (χ4v) is 5.17. The van der Waals surface area contributed by atoms with E-state index in [2.05, 4.69) is 16.6 Å². The fourth-order valence-electron chi connectivity index (χ4n) is 5.17. The summed E-state index contributed by atoms with van der Waals surface area (Å²) in [4.78, 5) is 29.7. The summed E-state index contributed by atoms with van der Waals surface area (Å²) in [7, 11) is 0. The third kappa shape index (κ3) is 5.50. The summed E-state index contributed by atoms with van der Waals surface area (Å²) in [6.45, 7) is 12.5. The zero-order valence-electron chi connectivity index (χ0n) is 23.7. The number of carbonyl (C=O) groups is 2. The number of nitrogens with zero attached hydrogens (tertiary/aromatic N) is 2. The Labute approximate surface area is 233 Å². The Bertz CT molecular complexity index is 1650. The molecule has 4 aromatic rings. The molecular weight excluding hydrogens is 508 g/mol. The molecule has 1 atom stereocenters. The summed E-state index contributed by atoms with van der Waals surface area (Å²) in [5, 5.41) is 5.91. The summed E-state index contributed by atoms with van der Waals surface area (Å²) >= 11 is 0. The second kappa shape index (κ2) is 10.9. The van der Waals surface area contributed by atoms with E-state index < -0.39 is 11.8 Å². The van der Waals surface area contributed by atoms with Gasteiger partial charge in [-0.1, -0.05) is 11.2 Å². The highest BCUT2D eigenvalue weighted by molar-refractivity contribution is 6.16. The lowest BCUT2D eigenvalue weighted by Crippen LogP contribution is -2.25. The summed E-state index contributed by atoms with van der Waals surface area (Å²) < 4.78 is 19.6. The zero-order chi connectivity index (χ0) is 28.6. The second-order valence-corrected chi connectivity index (χ2v) is 10.5. The summed E-state index contributed by atoms with van der Waals surface area (Å²) in [5.74, 6) is -0.436. The number of ketones is 1. The quantitative estimate of drug-likeness (QED) is 0.115. The van der Waals surface area contributed by atoms with Crippen LogP contribution in [0.25, 0.3) is 21.8 Å². The van der Waals surface area contributed by atoms with E-state index in [0.29, 0.717) is 35.8 Å². The molecule has 1 aromatic heterocycles. The van der Waals surface area contributed by atoms with Gasteiger partial charge in [-0.25, -0.2) is 4.79 Å². The number of hydrogen-bond donors (Lipinski definition) is 0. The number of oxime groups is 1. The van der Waals surface area contributed by atoms with Crippen molar-refractivity contribution in [2.45, 2.75) is 60.0 Å². The lowest BCUT2D eigenvalue weighted by Gasteiger charge is -2.17. The Balaban J connectivity index is 1.44. The summed E-state index contributed by atoms with van der Waals surface area (Å²) in [6, 6.07) is 17.4. The summed E-state index contributed by atoms with van der Waals surface area (Å²) in [6.07, 6.45) is -0.133. The van der Waals surface area contributed by atoms with Gasteiger partial charge < -0.3 is 23.6 Å². The van der Waals surface area contributed by atoms with Crippen LogP contribution in [-0.4, -0.2) is 47.1 Å². The average Bonchev–Trinajstić information content (AvgIpc) is 3.45. The maximum atomic E-state index is 13.6. The molecule has 208 valence electrons. The van der Waals surface area contributed by atoms with Gasteiger partial charge in [-0.3, -0.25) is 4.79 Å². The molecule has 1 aliphatic heterocycles. The lowest BCUT2D eigenvalue weighted by atomic mass is 9.97. The van der Waals surface area contributed by atoms with Crippen LogP contribution in [0.15, 0.2) is 59.8 Å². The first kappa shape index (κ1) is 27.6. The third-order valence-electron chi connectivity index (χ3n) is 7.12. The van der Waals surface area contributed by atoms with E-state index in [-0.39, 0.29) is 11.9 Å². The maximum Gasteiger partial charge on any atom is 0.331 e. The number of hydrogen-bond acceptors (Lipinski definition) is 7. The SMILES string of the molecule is CCn1c2ccc(C(=O)c3ccc(OCC4COC(C)(C)O4)cc3C)cc2c2cc(/C(C)=N\OC(C)=O)ccc21. The van der Waals surface area contributed by atoms with Crippen LogP contribution >= 0.6 is 0 Å². The molecule has 8 heteroatoms. The van der Waals surface area contributed by atoms with Crippen LogP contribution in [0.1, 0.15) is 61.7 Å². The Morgan fingerprint density at radius 3 is 2.27 bits per heavy atom. The lowest BCUT2D eigenvalue weighted by molar-refractivity contribution is -0.141. The van der Waals surface area contributed by atoms with Crippen LogP contribution in [0.2, 0.25) is 0 Å². The molecule has 5 rings (SSSR count). The molecule has 0 saturated carbocycles. The highest BCUT2D eigenvalue weighted by atomic mass is 16.7. The minimum Gasteiger partial charge on any atom is -0.491 e. The van der Waals surface area contributed by atoms with E-state index in [1.54, 1.807) is 6.92 Å². The van der Waals surface area contributed by atoms with Crippen molar-refractivity contribution in [1.29, 1.82) is 0 Å². The predicted octanol–water partition coefficient (Wildman–Crippen LogP) is 6.17. The van der Waals surface area contributed by atoms with Gasteiger partial charge in [0.1, 0.15) is 18.5 Å². The van der Waals surface area contributed by atoms with Crippen molar-refractivity contribution < 1.29 is 28.6 Å². The third-order valence-corrected chi connectivity index (χ3v) is 7.12.